The number of nitrogens with zero attached hydrogens (tertiary/aromatic N) is 3. The molecule has 0 aliphatic heterocycles. The van der Waals surface area contributed by atoms with Crippen molar-refractivity contribution in [3.05, 3.63) is 28.3 Å². The van der Waals surface area contributed by atoms with Crippen molar-refractivity contribution in [2.75, 3.05) is 24.6 Å². The van der Waals surface area contributed by atoms with Crippen LogP contribution in [0.5, 0.6) is 5.75 Å². The van der Waals surface area contributed by atoms with E-state index >= 15 is 0 Å². The molecule has 1 aromatic rings. The highest BCUT2D eigenvalue weighted by Gasteiger charge is 2.17. The normalized spacial score (nSPS) is 9.74. The zero-order valence-corrected chi connectivity index (χ0v) is 11.1. The Morgan fingerprint density at radius 3 is 2.74 bits per heavy atom. The Morgan fingerprint density at radius 1 is 1.47 bits per heavy atom. The standard InChI is InChI=1S/C13H17N3O3/c1-3-15(9-5-8-14)11-6-7-12(16(17)18)13(10-11)19-4-2/h6-7,10H,3-5,9H2,1-2H3. The van der Waals surface area contributed by atoms with E-state index in [4.69, 9.17) is 10.00 Å². The molecule has 0 radical (unpaired) electrons. The maximum atomic E-state index is 10.9. The van der Waals surface area contributed by atoms with E-state index in [1.165, 1.54) is 6.07 Å². The van der Waals surface area contributed by atoms with Crippen molar-refractivity contribution in [2.24, 2.45) is 0 Å². The van der Waals surface area contributed by atoms with Gasteiger partial charge in [-0.15, -0.1) is 0 Å². The van der Waals surface area contributed by atoms with E-state index in [0.717, 1.165) is 12.2 Å². The number of ether oxygens (including phenoxy) is 1. The molecule has 0 unspecified atom stereocenters. The van der Waals surface area contributed by atoms with E-state index in [-0.39, 0.29) is 11.4 Å². The van der Waals surface area contributed by atoms with Crippen LogP contribution in [0.25, 0.3) is 0 Å². The molecule has 0 spiro atoms. The van der Waals surface area contributed by atoms with Crippen molar-refractivity contribution in [1.82, 2.24) is 0 Å². The van der Waals surface area contributed by atoms with Gasteiger partial charge in [0.1, 0.15) is 0 Å². The van der Waals surface area contributed by atoms with E-state index < -0.39 is 4.92 Å². The first-order chi connectivity index (χ1) is 9.13. The summed E-state index contributed by atoms with van der Waals surface area (Å²) >= 11 is 0. The molecule has 0 bridgehead atoms. The molecule has 0 saturated carbocycles. The fourth-order valence-electron chi connectivity index (χ4n) is 1.78. The Kier molecular flexibility index (Phi) is 5.61. The van der Waals surface area contributed by atoms with Crippen LogP contribution in [0.15, 0.2) is 18.2 Å². The monoisotopic (exact) mass is 263 g/mol. The Labute approximate surface area is 112 Å². The third kappa shape index (κ3) is 3.85. The van der Waals surface area contributed by atoms with Gasteiger partial charge in [0.2, 0.25) is 0 Å². The maximum Gasteiger partial charge on any atom is 0.311 e. The van der Waals surface area contributed by atoms with Crippen LogP contribution in [0.2, 0.25) is 0 Å². The van der Waals surface area contributed by atoms with Crippen LogP contribution in [-0.2, 0) is 0 Å². The summed E-state index contributed by atoms with van der Waals surface area (Å²) in [6.45, 7) is 5.44. The van der Waals surface area contributed by atoms with E-state index in [9.17, 15) is 10.1 Å². The second-order valence-corrected chi connectivity index (χ2v) is 3.83. The quantitative estimate of drug-likeness (QED) is 0.558. The molecule has 102 valence electrons. The average Bonchev–Trinajstić information content (AvgIpc) is 2.40. The van der Waals surface area contributed by atoms with Gasteiger partial charge in [-0.1, -0.05) is 0 Å². The molecule has 0 aliphatic carbocycles. The zero-order valence-electron chi connectivity index (χ0n) is 11.1. The molecule has 0 N–H and O–H groups in total. The van der Waals surface area contributed by atoms with Gasteiger partial charge in [-0.2, -0.15) is 5.26 Å². The molecule has 0 heterocycles. The summed E-state index contributed by atoms with van der Waals surface area (Å²) in [5, 5.41) is 19.5. The van der Waals surface area contributed by atoms with E-state index in [2.05, 4.69) is 6.07 Å². The van der Waals surface area contributed by atoms with Crippen molar-refractivity contribution in [3.63, 3.8) is 0 Å². The van der Waals surface area contributed by atoms with E-state index in [1.54, 1.807) is 19.1 Å². The number of anilines is 1. The van der Waals surface area contributed by atoms with Crippen molar-refractivity contribution >= 4 is 11.4 Å². The summed E-state index contributed by atoms with van der Waals surface area (Å²) in [6, 6.07) is 6.87. The zero-order chi connectivity index (χ0) is 14.3. The fraction of sp³-hybridized carbons (Fsp3) is 0.462. The highest BCUT2D eigenvalue weighted by molar-refractivity contribution is 5.59. The lowest BCUT2D eigenvalue weighted by atomic mass is 10.2. The van der Waals surface area contributed by atoms with Crippen LogP contribution in [0.4, 0.5) is 11.4 Å². The molecule has 0 atom stereocenters. The molecular formula is C13H17N3O3. The third-order valence-corrected chi connectivity index (χ3v) is 2.68. The Hall–Kier alpha value is -2.29. The molecule has 6 nitrogen and oxygen atoms in total. The molecule has 0 aromatic heterocycles. The van der Waals surface area contributed by atoms with Crippen LogP contribution < -0.4 is 9.64 Å². The second kappa shape index (κ2) is 7.21. The van der Waals surface area contributed by atoms with Crippen LogP contribution in [-0.4, -0.2) is 24.6 Å². The first-order valence-corrected chi connectivity index (χ1v) is 6.17. The minimum absolute atomic E-state index is 0.0399. The van der Waals surface area contributed by atoms with E-state index in [1.807, 2.05) is 11.8 Å². The number of hydrogen-bond donors (Lipinski definition) is 0. The Balaban J connectivity index is 3.05. The number of benzene rings is 1. The van der Waals surface area contributed by atoms with Crippen molar-refractivity contribution < 1.29 is 9.66 Å². The van der Waals surface area contributed by atoms with Crippen LogP contribution in [0.3, 0.4) is 0 Å². The summed E-state index contributed by atoms with van der Waals surface area (Å²) in [5.41, 5.74) is 0.786. The number of nitriles is 1. The van der Waals surface area contributed by atoms with Crippen molar-refractivity contribution in [1.29, 1.82) is 5.26 Å². The van der Waals surface area contributed by atoms with Gasteiger partial charge in [0, 0.05) is 30.9 Å². The first kappa shape index (κ1) is 14.8. The smallest absolute Gasteiger partial charge is 0.311 e. The predicted molar refractivity (Wildman–Crippen MR) is 72.4 cm³/mol. The highest BCUT2D eigenvalue weighted by Crippen LogP contribution is 2.31. The fourth-order valence-corrected chi connectivity index (χ4v) is 1.78. The summed E-state index contributed by atoms with van der Waals surface area (Å²) in [7, 11) is 0. The van der Waals surface area contributed by atoms with Crippen LogP contribution >= 0.6 is 0 Å². The van der Waals surface area contributed by atoms with Gasteiger partial charge < -0.3 is 9.64 Å². The summed E-state index contributed by atoms with van der Waals surface area (Å²) in [4.78, 5) is 12.4. The largest absolute Gasteiger partial charge is 0.487 e. The number of hydrogen-bond acceptors (Lipinski definition) is 5. The lowest BCUT2D eigenvalue weighted by Crippen LogP contribution is -2.23. The molecule has 0 fully saturated rings. The van der Waals surface area contributed by atoms with Crippen LogP contribution in [0, 0.1) is 21.4 Å². The second-order valence-electron chi connectivity index (χ2n) is 3.83. The van der Waals surface area contributed by atoms with Gasteiger partial charge in [0.05, 0.1) is 24.0 Å². The Bertz CT molecular complexity index is 483. The summed E-state index contributed by atoms with van der Waals surface area (Å²) in [6.07, 6.45) is 0.412. The van der Waals surface area contributed by atoms with Gasteiger partial charge in [0.25, 0.3) is 0 Å². The number of nitro benzene ring substituents is 1. The summed E-state index contributed by atoms with van der Waals surface area (Å²) in [5.74, 6) is 0.264. The van der Waals surface area contributed by atoms with Gasteiger partial charge in [0.15, 0.2) is 5.75 Å². The SMILES string of the molecule is CCOc1cc(N(CC)CCC#N)ccc1[N+](=O)[O-]. The molecule has 6 heteroatoms. The maximum absolute atomic E-state index is 10.9. The van der Waals surface area contributed by atoms with Crippen LogP contribution in [0.1, 0.15) is 20.3 Å². The lowest BCUT2D eigenvalue weighted by molar-refractivity contribution is -0.385. The number of nitro groups is 1. The summed E-state index contributed by atoms with van der Waals surface area (Å²) < 4.78 is 5.30. The molecule has 1 aromatic carbocycles. The van der Waals surface area contributed by atoms with Crippen molar-refractivity contribution in [2.45, 2.75) is 20.3 Å². The van der Waals surface area contributed by atoms with Crippen molar-refractivity contribution in [3.8, 4) is 11.8 Å². The topological polar surface area (TPSA) is 79.4 Å². The number of rotatable bonds is 7. The molecule has 1 rings (SSSR count). The third-order valence-electron chi connectivity index (χ3n) is 2.68. The Morgan fingerprint density at radius 2 is 2.21 bits per heavy atom. The lowest BCUT2D eigenvalue weighted by Gasteiger charge is -2.22. The predicted octanol–water partition coefficient (Wildman–Crippen LogP) is 2.73. The van der Waals surface area contributed by atoms with Gasteiger partial charge >= 0.3 is 5.69 Å². The highest BCUT2D eigenvalue weighted by atomic mass is 16.6. The van der Waals surface area contributed by atoms with Gasteiger partial charge in [-0.25, -0.2) is 0 Å². The minimum Gasteiger partial charge on any atom is -0.487 e. The average molecular weight is 263 g/mol. The van der Waals surface area contributed by atoms with E-state index in [0.29, 0.717) is 19.6 Å². The van der Waals surface area contributed by atoms with Gasteiger partial charge in [-0.05, 0) is 19.9 Å². The molecule has 0 amide bonds. The van der Waals surface area contributed by atoms with Gasteiger partial charge in [-0.3, -0.25) is 10.1 Å². The molecular weight excluding hydrogens is 246 g/mol. The minimum atomic E-state index is -0.458. The molecule has 0 saturated heterocycles. The first-order valence-electron chi connectivity index (χ1n) is 6.17. The molecule has 0 aliphatic rings. The molecule has 19 heavy (non-hydrogen) atoms.